The summed E-state index contributed by atoms with van der Waals surface area (Å²) in [7, 11) is -4.07. The lowest BCUT2D eigenvalue weighted by molar-refractivity contribution is -0.134. The molecule has 4 rings (SSSR count). The van der Waals surface area contributed by atoms with Crippen LogP contribution in [0.15, 0.2) is 71.6 Å². The van der Waals surface area contributed by atoms with Crippen molar-refractivity contribution >= 4 is 38.9 Å². The number of halogens is 2. The van der Waals surface area contributed by atoms with E-state index in [0.29, 0.717) is 22.4 Å². The van der Waals surface area contributed by atoms with E-state index in [0.717, 1.165) is 29.5 Å². The molecule has 1 heterocycles. The van der Waals surface area contributed by atoms with E-state index in [-0.39, 0.29) is 31.0 Å². The van der Waals surface area contributed by atoms with Gasteiger partial charge in [-0.25, -0.2) is 13.9 Å². The van der Waals surface area contributed by atoms with Crippen LogP contribution in [0.3, 0.4) is 0 Å². The van der Waals surface area contributed by atoms with Gasteiger partial charge in [-0.15, -0.1) is 0 Å². The average molecular weight is 564 g/mol. The maximum atomic E-state index is 13.3. The van der Waals surface area contributed by atoms with Gasteiger partial charge < -0.3 is 9.47 Å². The molecule has 0 aliphatic carbocycles. The fourth-order valence-corrected chi connectivity index (χ4v) is 6.65. The van der Waals surface area contributed by atoms with E-state index in [1.807, 2.05) is 24.3 Å². The summed E-state index contributed by atoms with van der Waals surface area (Å²) in [5.41, 5.74) is 4.70. The predicted molar refractivity (Wildman–Crippen MR) is 142 cm³/mol. The maximum Gasteiger partial charge on any atom is 0.265 e. The second-order valence-corrected chi connectivity index (χ2v) is 11.9. The van der Waals surface area contributed by atoms with Crippen molar-refractivity contribution < 1.29 is 27.9 Å². The van der Waals surface area contributed by atoms with E-state index in [1.54, 1.807) is 18.2 Å². The van der Waals surface area contributed by atoms with Crippen molar-refractivity contribution in [2.45, 2.75) is 35.3 Å². The zero-order valence-electron chi connectivity index (χ0n) is 20.0. The lowest BCUT2D eigenvalue weighted by atomic mass is 9.98. The van der Waals surface area contributed by atoms with Crippen LogP contribution in [0.25, 0.3) is 11.1 Å². The molecule has 0 spiro atoms. The van der Waals surface area contributed by atoms with E-state index < -0.39 is 20.5 Å². The Bertz CT molecular complexity index is 1360. The number of aryl methyl sites for hydroxylation is 1. The van der Waals surface area contributed by atoms with Crippen LogP contribution < -0.4 is 10.2 Å². The zero-order valence-corrected chi connectivity index (χ0v) is 22.3. The standard InChI is InChI=1S/C27H27Cl2NO6S/c28-24-11-6-21(18-25(24)29)20-5-1-3-19(17-20)4-2-14-36-22-7-9-23(10-8-22)37(33,34)27(26(31)30-32)12-15-35-16-13-27/h1,3,5-11,17-18,32H,2,4,12-16H2,(H,30,31). The second kappa shape index (κ2) is 11.8. The van der Waals surface area contributed by atoms with Gasteiger partial charge in [-0.3, -0.25) is 10.0 Å². The molecule has 0 aromatic heterocycles. The predicted octanol–water partition coefficient (Wildman–Crippen LogP) is 5.50. The van der Waals surface area contributed by atoms with Crippen LogP contribution in [-0.4, -0.2) is 44.1 Å². The molecule has 1 aliphatic rings. The molecule has 3 aromatic carbocycles. The molecule has 1 amide bonds. The number of amides is 1. The molecule has 3 aromatic rings. The summed E-state index contributed by atoms with van der Waals surface area (Å²) in [6.07, 6.45) is 1.48. The number of benzene rings is 3. The largest absolute Gasteiger partial charge is 0.494 e. The number of rotatable bonds is 9. The summed E-state index contributed by atoms with van der Waals surface area (Å²) in [6, 6.07) is 19.7. The van der Waals surface area contributed by atoms with Gasteiger partial charge in [0.15, 0.2) is 14.6 Å². The van der Waals surface area contributed by atoms with E-state index in [1.165, 1.54) is 17.6 Å². The van der Waals surface area contributed by atoms with Crippen molar-refractivity contribution in [1.82, 2.24) is 5.48 Å². The Morgan fingerprint density at radius 2 is 1.68 bits per heavy atom. The highest BCUT2D eigenvalue weighted by Crippen LogP contribution is 2.36. The summed E-state index contributed by atoms with van der Waals surface area (Å²) < 4.78 is 35.9. The molecular weight excluding hydrogens is 537 g/mol. The number of hydroxylamine groups is 1. The van der Waals surface area contributed by atoms with Gasteiger partial charge in [0.1, 0.15) is 5.75 Å². The fraction of sp³-hybridized carbons (Fsp3) is 0.296. The summed E-state index contributed by atoms with van der Waals surface area (Å²) >= 11 is 12.2. The van der Waals surface area contributed by atoms with Gasteiger partial charge in [0.05, 0.1) is 21.5 Å². The molecule has 0 saturated carbocycles. The molecule has 2 N–H and O–H groups in total. The minimum Gasteiger partial charge on any atom is -0.494 e. The Labute approximate surface area is 226 Å². The van der Waals surface area contributed by atoms with Gasteiger partial charge in [0.2, 0.25) is 0 Å². The van der Waals surface area contributed by atoms with Gasteiger partial charge in [-0.2, -0.15) is 0 Å². The highest BCUT2D eigenvalue weighted by atomic mass is 35.5. The van der Waals surface area contributed by atoms with Gasteiger partial charge >= 0.3 is 0 Å². The number of hydrogen-bond acceptors (Lipinski definition) is 6. The van der Waals surface area contributed by atoms with Gasteiger partial charge in [0.25, 0.3) is 5.91 Å². The molecule has 7 nitrogen and oxygen atoms in total. The molecule has 0 radical (unpaired) electrons. The summed E-state index contributed by atoms with van der Waals surface area (Å²) in [4.78, 5) is 12.4. The Hall–Kier alpha value is -2.62. The number of nitrogens with one attached hydrogen (secondary N) is 1. The summed E-state index contributed by atoms with van der Waals surface area (Å²) in [5.74, 6) is -0.421. The zero-order chi connectivity index (χ0) is 26.5. The van der Waals surface area contributed by atoms with E-state index in [9.17, 15) is 13.2 Å². The molecule has 1 saturated heterocycles. The molecule has 1 aliphatic heterocycles. The van der Waals surface area contributed by atoms with Gasteiger partial charge in [-0.05, 0) is 78.8 Å². The molecule has 0 unspecified atom stereocenters. The highest BCUT2D eigenvalue weighted by molar-refractivity contribution is 7.93. The van der Waals surface area contributed by atoms with Gasteiger partial charge in [-0.1, -0.05) is 53.5 Å². The van der Waals surface area contributed by atoms with Crippen LogP contribution >= 0.6 is 23.2 Å². The molecule has 37 heavy (non-hydrogen) atoms. The van der Waals surface area contributed by atoms with Crippen molar-refractivity contribution in [3.63, 3.8) is 0 Å². The maximum absolute atomic E-state index is 13.3. The highest BCUT2D eigenvalue weighted by Gasteiger charge is 2.52. The third kappa shape index (κ3) is 5.94. The van der Waals surface area contributed by atoms with E-state index in [4.69, 9.17) is 37.9 Å². The topological polar surface area (TPSA) is 102 Å². The molecule has 0 bridgehead atoms. The van der Waals surface area contributed by atoms with Gasteiger partial charge in [0, 0.05) is 13.2 Å². The third-order valence-electron chi connectivity index (χ3n) is 6.52. The fourth-order valence-electron chi connectivity index (χ4n) is 4.41. The lowest BCUT2D eigenvalue weighted by Crippen LogP contribution is -2.54. The van der Waals surface area contributed by atoms with Crippen LogP contribution in [0.4, 0.5) is 0 Å². The third-order valence-corrected chi connectivity index (χ3v) is 9.78. The quantitative estimate of drug-likeness (QED) is 0.202. The van der Waals surface area contributed by atoms with Crippen LogP contribution in [0.2, 0.25) is 10.0 Å². The van der Waals surface area contributed by atoms with Crippen LogP contribution in [0.5, 0.6) is 5.75 Å². The number of hydrogen-bond donors (Lipinski definition) is 2. The summed E-state index contributed by atoms with van der Waals surface area (Å²) in [5, 5.41) is 10.2. The Balaban J connectivity index is 1.36. The number of sulfone groups is 1. The molecule has 1 fully saturated rings. The Morgan fingerprint density at radius 1 is 0.973 bits per heavy atom. The molecule has 196 valence electrons. The number of carbonyl (C=O) groups is 1. The smallest absolute Gasteiger partial charge is 0.265 e. The Morgan fingerprint density at radius 3 is 2.35 bits per heavy atom. The molecular formula is C27H27Cl2NO6S. The first-order valence-corrected chi connectivity index (χ1v) is 14.0. The molecule has 10 heteroatoms. The van der Waals surface area contributed by atoms with Crippen LogP contribution in [0.1, 0.15) is 24.8 Å². The minimum absolute atomic E-state index is 0.00975. The average Bonchev–Trinajstić information content (AvgIpc) is 2.93. The molecule has 0 atom stereocenters. The first-order chi connectivity index (χ1) is 17.8. The Kier molecular flexibility index (Phi) is 8.77. The second-order valence-electron chi connectivity index (χ2n) is 8.80. The number of ether oxygens (including phenoxy) is 2. The van der Waals surface area contributed by atoms with E-state index >= 15 is 0 Å². The van der Waals surface area contributed by atoms with Crippen LogP contribution in [-0.2, 0) is 25.8 Å². The summed E-state index contributed by atoms with van der Waals surface area (Å²) in [6.45, 7) is 0.672. The van der Waals surface area contributed by atoms with Crippen molar-refractivity contribution in [3.05, 3.63) is 82.3 Å². The SMILES string of the molecule is O=C(NO)C1(S(=O)(=O)c2ccc(OCCCc3cccc(-c4ccc(Cl)c(Cl)c4)c3)cc2)CCOCC1. The monoisotopic (exact) mass is 563 g/mol. The van der Waals surface area contributed by atoms with Crippen molar-refractivity contribution in [2.24, 2.45) is 0 Å². The van der Waals surface area contributed by atoms with Crippen LogP contribution in [0, 0.1) is 0 Å². The van der Waals surface area contributed by atoms with Crippen molar-refractivity contribution in [3.8, 4) is 16.9 Å². The first-order valence-electron chi connectivity index (χ1n) is 11.8. The first kappa shape index (κ1) is 27.4. The number of carbonyl (C=O) groups excluding carboxylic acids is 1. The van der Waals surface area contributed by atoms with Crippen molar-refractivity contribution in [2.75, 3.05) is 19.8 Å². The minimum atomic E-state index is -4.07. The van der Waals surface area contributed by atoms with Crippen molar-refractivity contribution in [1.29, 1.82) is 0 Å². The lowest BCUT2D eigenvalue weighted by Gasteiger charge is -2.34. The normalized spacial score (nSPS) is 15.2. The van der Waals surface area contributed by atoms with E-state index in [2.05, 4.69) is 12.1 Å².